The zero-order valence-electron chi connectivity index (χ0n) is 14.9. The second-order valence-electron chi connectivity index (χ2n) is 7.98. The lowest BCUT2D eigenvalue weighted by atomic mass is 9.71. The molecule has 3 unspecified atom stereocenters. The highest BCUT2D eigenvalue weighted by Gasteiger charge is 2.41. The molecule has 0 bridgehead atoms. The third-order valence-electron chi connectivity index (χ3n) is 6.03. The number of hydrogen-bond donors (Lipinski definition) is 1. The first-order valence-corrected chi connectivity index (χ1v) is 9.06. The molecule has 2 aromatic rings. The van der Waals surface area contributed by atoms with Gasteiger partial charge in [-0.15, -0.1) is 0 Å². The van der Waals surface area contributed by atoms with Crippen LogP contribution in [0.4, 0.5) is 0 Å². The van der Waals surface area contributed by atoms with E-state index in [1.807, 2.05) is 13.0 Å². The summed E-state index contributed by atoms with van der Waals surface area (Å²) in [7, 11) is 4.34. The lowest BCUT2D eigenvalue weighted by Gasteiger charge is -2.37. The van der Waals surface area contributed by atoms with Gasteiger partial charge < -0.3 is 10.0 Å². The summed E-state index contributed by atoms with van der Waals surface area (Å²) >= 11 is 0. The maximum Gasteiger partial charge on any atom is 0.112 e. The smallest absolute Gasteiger partial charge is 0.112 e. The summed E-state index contributed by atoms with van der Waals surface area (Å²) in [6.45, 7) is 3.09. The Morgan fingerprint density at radius 1 is 1.04 bits per heavy atom. The van der Waals surface area contributed by atoms with Crippen molar-refractivity contribution in [2.24, 2.45) is 5.92 Å². The van der Waals surface area contributed by atoms with Gasteiger partial charge in [-0.1, -0.05) is 42.5 Å². The van der Waals surface area contributed by atoms with Crippen molar-refractivity contribution in [3.05, 3.63) is 70.3 Å². The molecule has 0 fully saturated rings. The van der Waals surface area contributed by atoms with Gasteiger partial charge in [0.25, 0.3) is 0 Å². The quantitative estimate of drug-likeness (QED) is 0.911. The zero-order chi connectivity index (χ0) is 16.9. The average molecular weight is 321 g/mol. The third kappa shape index (κ3) is 2.40. The van der Waals surface area contributed by atoms with Crippen molar-refractivity contribution < 1.29 is 5.11 Å². The minimum absolute atomic E-state index is 0.502. The van der Waals surface area contributed by atoms with Crippen LogP contribution in [-0.2, 0) is 18.4 Å². The number of fused-ring (bicyclic) bond motifs is 1. The van der Waals surface area contributed by atoms with E-state index in [0.717, 1.165) is 30.5 Å². The van der Waals surface area contributed by atoms with Crippen LogP contribution >= 0.6 is 0 Å². The van der Waals surface area contributed by atoms with Crippen LogP contribution < -0.4 is 0 Å². The van der Waals surface area contributed by atoms with Gasteiger partial charge in [-0.25, -0.2) is 0 Å². The monoisotopic (exact) mass is 321 g/mol. The van der Waals surface area contributed by atoms with Crippen LogP contribution in [0.25, 0.3) is 0 Å². The Morgan fingerprint density at radius 3 is 2.54 bits per heavy atom. The average Bonchev–Trinajstić information content (AvgIpc) is 2.65. The molecule has 1 N–H and O–H groups in total. The molecule has 0 saturated carbocycles. The number of aryl methyl sites for hydroxylation is 1. The van der Waals surface area contributed by atoms with Crippen molar-refractivity contribution >= 4 is 0 Å². The summed E-state index contributed by atoms with van der Waals surface area (Å²) in [6.07, 6.45) is 3.41. The van der Waals surface area contributed by atoms with E-state index in [-0.39, 0.29) is 0 Å². The van der Waals surface area contributed by atoms with Gasteiger partial charge in [-0.3, -0.25) is 0 Å². The molecular formula is C22H27NO. The van der Waals surface area contributed by atoms with Crippen LogP contribution in [0.2, 0.25) is 0 Å². The van der Waals surface area contributed by atoms with E-state index in [2.05, 4.69) is 55.4 Å². The van der Waals surface area contributed by atoms with Crippen LogP contribution in [0.3, 0.4) is 0 Å². The van der Waals surface area contributed by atoms with E-state index >= 15 is 0 Å². The molecule has 0 heterocycles. The van der Waals surface area contributed by atoms with E-state index in [4.69, 9.17) is 0 Å². The fraction of sp³-hybridized carbons (Fsp3) is 0.455. The summed E-state index contributed by atoms with van der Waals surface area (Å²) in [4.78, 5) is 2.31. The molecule has 0 aromatic heterocycles. The predicted molar refractivity (Wildman–Crippen MR) is 98.4 cm³/mol. The van der Waals surface area contributed by atoms with Crippen LogP contribution in [0.5, 0.6) is 0 Å². The zero-order valence-corrected chi connectivity index (χ0v) is 14.9. The van der Waals surface area contributed by atoms with Gasteiger partial charge in [0.15, 0.2) is 0 Å². The van der Waals surface area contributed by atoms with Crippen LogP contribution in [0, 0.1) is 5.92 Å². The highest BCUT2D eigenvalue weighted by Crippen LogP contribution is 2.48. The Hall–Kier alpha value is -1.64. The normalized spacial score (nSPS) is 28.2. The predicted octanol–water partition coefficient (Wildman–Crippen LogP) is 3.71. The second-order valence-corrected chi connectivity index (χ2v) is 7.98. The molecule has 0 spiro atoms. The molecule has 126 valence electrons. The molecule has 24 heavy (non-hydrogen) atoms. The third-order valence-corrected chi connectivity index (χ3v) is 6.03. The fourth-order valence-electron chi connectivity index (χ4n) is 4.98. The summed E-state index contributed by atoms with van der Waals surface area (Å²) in [5.41, 5.74) is 5.48. The Labute approximate surface area is 145 Å². The first-order valence-electron chi connectivity index (χ1n) is 9.06. The Morgan fingerprint density at radius 2 is 1.75 bits per heavy atom. The number of aliphatic hydroxyl groups is 1. The maximum atomic E-state index is 11.5. The lowest BCUT2D eigenvalue weighted by molar-refractivity contribution is 0.101. The molecule has 2 nitrogen and oxygen atoms in total. The van der Waals surface area contributed by atoms with Gasteiger partial charge in [-0.05, 0) is 79.9 Å². The summed E-state index contributed by atoms with van der Waals surface area (Å²) in [5, 5.41) is 11.5. The molecule has 0 saturated heterocycles. The van der Waals surface area contributed by atoms with E-state index in [9.17, 15) is 5.11 Å². The Bertz CT molecular complexity index is 762. The standard InChI is InChI=1S/C22H27NO/c1-22(24)19-9-5-4-7-16(19)13-18-17(14-23(2)3)12-11-15-8-6-10-20(22)21(15)18/h4-10,17-18,24H,11-14H2,1-3H3. The topological polar surface area (TPSA) is 23.5 Å². The van der Waals surface area contributed by atoms with E-state index < -0.39 is 5.60 Å². The molecule has 0 aliphatic heterocycles. The van der Waals surface area contributed by atoms with Gasteiger partial charge >= 0.3 is 0 Å². The van der Waals surface area contributed by atoms with Crippen molar-refractivity contribution in [1.29, 1.82) is 0 Å². The minimum atomic E-state index is -0.906. The SMILES string of the molecule is CN(C)CC1CCc2cccc3c2C1Cc1ccccc1C3(C)O. The van der Waals surface area contributed by atoms with Gasteiger partial charge in [0.2, 0.25) is 0 Å². The van der Waals surface area contributed by atoms with Crippen LogP contribution in [0.1, 0.15) is 47.1 Å². The molecule has 2 aliphatic rings. The minimum Gasteiger partial charge on any atom is -0.381 e. The maximum absolute atomic E-state index is 11.5. The molecule has 3 atom stereocenters. The van der Waals surface area contributed by atoms with Crippen molar-refractivity contribution in [3.63, 3.8) is 0 Å². The molecular weight excluding hydrogens is 294 g/mol. The summed E-state index contributed by atoms with van der Waals surface area (Å²) in [6, 6.07) is 15.0. The highest BCUT2D eigenvalue weighted by molar-refractivity contribution is 5.52. The summed E-state index contributed by atoms with van der Waals surface area (Å²) in [5.74, 6) is 1.15. The van der Waals surface area contributed by atoms with Crippen molar-refractivity contribution in [3.8, 4) is 0 Å². The van der Waals surface area contributed by atoms with Crippen LogP contribution in [0.15, 0.2) is 42.5 Å². The van der Waals surface area contributed by atoms with E-state index in [1.165, 1.54) is 23.1 Å². The van der Waals surface area contributed by atoms with Crippen LogP contribution in [-0.4, -0.2) is 30.6 Å². The lowest BCUT2D eigenvalue weighted by Crippen LogP contribution is -2.32. The molecule has 2 aliphatic carbocycles. The molecule has 0 amide bonds. The number of benzene rings is 2. The highest BCUT2D eigenvalue weighted by atomic mass is 16.3. The van der Waals surface area contributed by atoms with E-state index in [1.54, 1.807) is 0 Å². The second kappa shape index (κ2) is 5.72. The molecule has 0 radical (unpaired) electrons. The van der Waals surface area contributed by atoms with Gasteiger partial charge in [0.1, 0.15) is 5.60 Å². The van der Waals surface area contributed by atoms with Crippen molar-refractivity contribution in [1.82, 2.24) is 4.90 Å². The van der Waals surface area contributed by atoms with Crippen molar-refractivity contribution in [2.45, 2.75) is 37.7 Å². The molecule has 2 heteroatoms. The van der Waals surface area contributed by atoms with Gasteiger partial charge in [-0.2, -0.15) is 0 Å². The van der Waals surface area contributed by atoms with E-state index in [0.29, 0.717) is 11.8 Å². The number of nitrogens with zero attached hydrogens (tertiary/aromatic N) is 1. The summed E-state index contributed by atoms with van der Waals surface area (Å²) < 4.78 is 0. The fourth-order valence-corrected chi connectivity index (χ4v) is 4.98. The van der Waals surface area contributed by atoms with Gasteiger partial charge in [0.05, 0.1) is 0 Å². The number of hydrogen-bond acceptors (Lipinski definition) is 2. The first kappa shape index (κ1) is 15.9. The largest absolute Gasteiger partial charge is 0.381 e. The van der Waals surface area contributed by atoms with Crippen molar-refractivity contribution in [2.75, 3.05) is 20.6 Å². The Balaban J connectivity index is 1.93. The van der Waals surface area contributed by atoms with Gasteiger partial charge in [0, 0.05) is 6.54 Å². The molecule has 4 rings (SSSR count). The first-order chi connectivity index (χ1) is 11.5. The molecule has 2 aromatic carbocycles. The number of rotatable bonds is 2. The Kier molecular flexibility index (Phi) is 3.78.